The van der Waals surface area contributed by atoms with E-state index < -0.39 is 46.6 Å². The van der Waals surface area contributed by atoms with Crippen molar-refractivity contribution < 1.29 is 27.9 Å². The first-order valence-corrected chi connectivity index (χ1v) is 13.0. The van der Waals surface area contributed by atoms with Crippen molar-refractivity contribution in [2.45, 2.75) is 63.6 Å². The van der Waals surface area contributed by atoms with E-state index in [1.54, 1.807) is 0 Å². The number of aliphatic hydroxyl groups excluding tert-OH is 1. The maximum absolute atomic E-state index is 14.0. The Bertz CT molecular complexity index is 676. The Hall–Kier alpha value is -0.903. The molecule has 27 heavy (non-hydrogen) atoms. The molecule has 1 aliphatic carbocycles. The third-order valence-electron chi connectivity index (χ3n) is 5.44. The van der Waals surface area contributed by atoms with Crippen LogP contribution in [0.15, 0.2) is 12.5 Å². The van der Waals surface area contributed by atoms with Gasteiger partial charge in [-0.05, 0) is 24.6 Å². The van der Waals surface area contributed by atoms with Crippen LogP contribution in [0.1, 0.15) is 27.2 Å². The summed E-state index contributed by atoms with van der Waals surface area (Å²) in [5.41, 5.74) is 0. The Balaban J connectivity index is 2.34. The first-order valence-electron chi connectivity index (χ1n) is 8.86. The van der Waals surface area contributed by atoms with Gasteiger partial charge in [-0.1, -0.05) is 20.8 Å². The summed E-state index contributed by atoms with van der Waals surface area (Å²) in [6.45, 7) is 10.1. The normalized spacial score (nSPS) is 27.6. The summed E-state index contributed by atoms with van der Waals surface area (Å²) in [6, 6.07) is -0.438. The average Bonchev–Trinajstić information content (AvgIpc) is 2.85. The van der Waals surface area contributed by atoms with Crippen molar-refractivity contribution >= 4 is 22.4 Å². The molecule has 0 aliphatic heterocycles. The van der Waals surface area contributed by atoms with Gasteiger partial charge in [-0.3, -0.25) is 4.57 Å². The van der Waals surface area contributed by atoms with Crippen LogP contribution in [0.3, 0.4) is 0 Å². The van der Waals surface area contributed by atoms with Crippen LogP contribution < -0.4 is 5.32 Å². The van der Waals surface area contributed by atoms with E-state index in [1.807, 2.05) is 0 Å². The Labute approximate surface area is 160 Å². The van der Waals surface area contributed by atoms with Crippen molar-refractivity contribution in [2.75, 3.05) is 11.9 Å². The molecule has 1 unspecified atom stereocenters. The molecule has 5 atom stereocenters. The van der Waals surface area contributed by atoms with E-state index in [0.29, 0.717) is 6.42 Å². The molecule has 0 radical (unpaired) electrons. The van der Waals surface area contributed by atoms with Crippen LogP contribution >= 0.6 is 8.25 Å². The molecule has 1 aromatic heterocycles. The summed E-state index contributed by atoms with van der Waals surface area (Å²) in [7, 11) is -5.52. The number of halogens is 1. The van der Waals surface area contributed by atoms with Crippen molar-refractivity contribution in [1.29, 1.82) is 0 Å². The Morgan fingerprint density at radius 1 is 1.41 bits per heavy atom. The van der Waals surface area contributed by atoms with Crippen LogP contribution in [0.5, 0.6) is 0 Å². The quantitative estimate of drug-likeness (QED) is 0.455. The zero-order chi connectivity index (χ0) is 20.4. The van der Waals surface area contributed by atoms with Crippen LogP contribution in [-0.4, -0.2) is 53.1 Å². The van der Waals surface area contributed by atoms with Crippen LogP contribution in [-0.2, 0) is 13.5 Å². The summed E-state index contributed by atoms with van der Waals surface area (Å²) < 4.78 is 37.1. The summed E-state index contributed by atoms with van der Waals surface area (Å²) in [5, 5.41) is 12.6. The molecule has 11 heteroatoms. The number of aromatic nitrogens is 2. The minimum atomic E-state index is -3.24. The van der Waals surface area contributed by atoms with Gasteiger partial charge in [-0.2, -0.15) is 0 Å². The van der Waals surface area contributed by atoms with E-state index in [2.05, 4.69) is 49.1 Å². The highest BCUT2D eigenvalue weighted by Crippen LogP contribution is 2.43. The molecule has 1 heterocycles. The van der Waals surface area contributed by atoms with Gasteiger partial charge in [-0.15, -0.1) is 0 Å². The lowest BCUT2D eigenvalue weighted by molar-refractivity contribution is 0.0258. The highest BCUT2D eigenvalue weighted by molar-refractivity contribution is 7.32. The maximum Gasteiger partial charge on any atom is 0.316 e. The molecule has 2 rings (SSSR count). The van der Waals surface area contributed by atoms with Crippen LogP contribution in [0.2, 0.25) is 18.1 Å². The molecule has 0 aromatic carbocycles. The first kappa shape index (κ1) is 22.4. The standard InChI is InChI=1S/C16H29FN3O5PSi/c1-16(2,3)27(4,5)25-14-12(20-15-11(17)7-18-9-19-15)6-10(8-21)13(14)24-26(22)23/h7,9-10,12-14,21,26H,6,8H2,1-5H3,(H,22,23)(H,18,19,20)/t10-,12-,13-,14+/m1/s1. The minimum Gasteiger partial charge on any atom is -0.409 e. The van der Waals surface area contributed by atoms with Gasteiger partial charge < -0.3 is 24.3 Å². The van der Waals surface area contributed by atoms with Crippen molar-refractivity contribution in [2.24, 2.45) is 5.92 Å². The number of hydrogen-bond donors (Lipinski definition) is 3. The smallest absolute Gasteiger partial charge is 0.316 e. The number of hydrogen-bond acceptors (Lipinski definition) is 7. The molecule has 1 fully saturated rings. The highest BCUT2D eigenvalue weighted by Gasteiger charge is 2.50. The average molecular weight is 421 g/mol. The third-order valence-corrected chi connectivity index (χ3v) is 10.4. The summed E-state index contributed by atoms with van der Waals surface area (Å²) >= 11 is 0. The van der Waals surface area contributed by atoms with Gasteiger partial charge in [0.05, 0.1) is 24.4 Å². The fourth-order valence-corrected chi connectivity index (χ4v) is 4.84. The first-order chi connectivity index (χ1) is 12.5. The molecule has 1 saturated carbocycles. The molecule has 1 aliphatic rings. The topological polar surface area (TPSA) is 114 Å². The summed E-state index contributed by atoms with van der Waals surface area (Å²) in [6.07, 6.45) is 1.27. The van der Waals surface area contributed by atoms with Crippen LogP contribution in [0, 0.1) is 11.7 Å². The van der Waals surface area contributed by atoms with Gasteiger partial charge in [0.2, 0.25) is 0 Å². The monoisotopic (exact) mass is 421 g/mol. The Kier molecular flexibility index (Phi) is 7.15. The zero-order valence-electron chi connectivity index (χ0n) is 16.3. The number of anilines is 1. The molecule has 0 amide bonds. The minimum absolute atomic E-state index is 0.0211. The number of rotatable bonds is 7. The van der Waals surface area contributed by atoms with Crippen molar-refractivity contribution in [3.8, 4) is 0 Å². The Morgan fingerprint density at radius 3 is 2.59 bits per heavy atom. The predicted molar refractivity (Wildman–Crippen MR) is 103 cm³/mol. The zero-order valence-corrected chi connectivity index (χ0v) is 18.3. The Morgan fingerprint density at radius 2 is 2.07 bits per heavy atom. The second kappa shape index (κ2) is 8.63. The lowest BCUT2D eigenvalue weighted by atomic mass is 10.1. The molecule has 3 N–H and O–H groups in total. The van der Waals surface area contributed by atoms with Crippen LogP contribution in [0.4, 0.5) is 10.2 Å². The van der Waals surface area contributed by atoms with Gasteiger partial charge >= 0.3 is 8.25 Å². The predicted octanol–water partition coefficient (Wildman–Crippen LogP) is 2.57. The maximum atomic E-state index is 14.0. The largest absolute Gasteiger partial charge is 0.409 e. The van der Waals surface area contributed by atoms with E-state index in [4.69, 9.17) is 8.95 Å². The molecule has 1 aromatic rings. The number of aliphatic hydroxyl groups is 1. The van der Waals surface area contributed by atoms with Gasteiger partial charge in [0.25, 0.3) is 0 Å². The molecule has 154 valence electrons. The second-order valence-corrected chi connectivity index (χ2v) is 13.9. The van der Waals surface area contributed by atoms with E-state index >= 15 is 0 Å². The van der Waals surface area contributed by atoms with Gasteiger partial charge in [-0.25, -0.2) is 14.4 Å². The molecule has 0 bridgehead atoms. The summed E-state index contributed by atoms with van der Waals surface area (Å²) in [5.74, 6) is -1.000. The van der Waals surface area contributed by atoms with Crippen molar-refractivity contribution in [3.63, 3.8) is 0 Å². The number of nitrogens with zero attached hydrogens (tertiary/aromatic N) is 2. The fourth-order valence-electron chi connectivity index (χ4n) is 2.95. The van der Waals surface area contributed by atoms with E-state index in [9.17, 15) is 19.0 Å². The lowest BCUT2D eigenvalue weighted by Crippen LogP contribution is -2.50. The number of nitrogens with one attached hydrogen (secondary N) is 1. The van der Waals surface area contributed by atoms with Crippen molar-refractivity contribution in [3.05, 3.63) is 18.3 Å². The molecular weight excluding hydrogens is 392 g/mol. The van der Waals surface area contributed by atoms with Gasteiger partial charge in [0, 0.05) is 12.5 Å². The SMILES string of the molecule is CC(C)(C)[Si](C)(C)O[C@@H]1[C@H](O[PH](=O)O)[C@@H](CO)C[C@H]1Nc1ncncc1F. The molecule has 0 saturated heterocycles. The highest BCUT2D eigenvalue weighted by atomic mass is 31.1. The second-order valence-electron chi connectivity index (χ2n) is 8.34. The van der Waals surface area contributed by atoms with E-state index in [0.717, 1.165) is 6.20 Å². The van der Waals surface area contributed by atoms with E-state index in [1.165, 1.54) is 6.33 Å². The van der Waals surface area contributed by atoms with Crippen molar-refractivity contribution in [1.82, 2.24) is 9.97 Å². The third kappa shape index (κ3) is 5.33. The van der Waals surface area contributed by atoms with Crippen LogP contribution in [0.25, 0.3) is 0 Å². The molecule has 8 nitrogen and oxygen atoms in total. The lowest BCUT2D eigenvalue weighted by Gasteiger charge is -2.41. The molecule has 0 spiro atoms. The van der Waals surface area contributed by atoms with Gasteiger partial charge in [0.1, 0.15) is 6.33 Å². The van der Waals surface area contributed by atoms with Gasteiger partial charge in [0.15, 0.2) is 20.0 Å². The van der Waals surface area contributed by atoms with E-state index in [-0.39, 0.29) is 17.5 Å². The summed E-state index contributed by atoms with van der Waals surface area (Å²) in [4.78, 5) is 16.9. The fraction of sp³-hybridized carbons (Fsp3) is 0.750. The molecular formula is C16H29FN3O5PSi.